The van der Waals surface area contributed by atoms with E-state index in [2.05, 4.69) is 35.1 Å². The van der Waals surface area contributed by atoms with E-state index < -0.39 is 5.54 Å². The van der Waals surface area contributed by atoms with Crippen molar-refractivity contribution in [2.45, 2.75) is 25.3 Å². The minimum atomic E-state index is -0.544. The molecule has 1 aliphatic heterocycles. The zero-order valence-electron chi connectivity index (χ0n) is 14.0. The fraction of sp³-hybridized carbons (Fsp3) is 0.368. The molecule has 0 bridgehead atoms. The first-order valence-corrected chi connectivity index (χ1v) is 8.64. The summed E-state index contributed by atoms with van der Waals surface area (Å²) in [5.41, 5.74) is 9.31. The van der Waals surface area contributed by atoms with Crippen LogP contribution in [0.15, 0.2) is 41.7 Å². The maximum atomic E-state index is 9.91. The van der Waals surface area contributed by atoms with Crippen molar-refractivity contribution in [3.05, 3.63) is 52.8 Å². The summed E-state index contributed by atoms with van der Waals surface area (Å²) >= 11 is 6.09. The van der Waals surface area contributed by atoms with Crippen molar-refractivity contribution in [2.24, 2.45) is 16.1 Å². The Hall–Kier alpha value is -2.11. The molecule has 4 rings (SSSR count). The highest BCUT2D eigenvalue weighted by atomic mass is 35.5. The van der Waals surface area contributed by atoms with E-state index in [1.807, 2.05) is 6.07 Å². The second kappa shape index (κ2) is 5.71. The predicted molar refractivity (Wildman–Crippen MR) is 97.4 cm³/mol. The molecule has 1 spiro atoms. The zero-order valence-corrected chi connectivity index (χ0v) is 14.8. The van der Waals surface area contributed by atoms with E-state index in [0.717, 1.165) is 23.1 Å². The second-order valence-corrected chi connectivity index (χ2v) is 7.79. The van der Waals surface area contributed by atoms with E-state index in [-0.39, 0.29) is 18.0 Å². The average Bonchev–Trinajstić information content (AvgIpc) is 2.95. The van der Waals surface area contributed by atoms with Crippen molar-refractivity contribution < 1.29 is 9.84 Å². The molecular weight excluding hydrogens is 338 g/mol. The molecule has 1 unspecified atom stereocenters. The van der Waals surface area contributed by atoms with Crippen LogP contribution in [0.5, 0.6) is 0 Å². The number of benzene rings is 1. The van der Waals surface area contributed by atoms with Gasteiger partial charge in [-0.05, 0) is 47.1 Å². The van der Waals surface area contributed by atoms with Crippen molar-refractivity contribution in [1.82, 2.24) is 4.98 Å². The minimum Gasteiger partial charge on any atom is -0.462 e. The van der Waals surface area contributed by atoms with Crippen molar-refractivity contribution in [3.63, 3.8) is 0 Å². The van der Waals surface area contributed by atoms with Crippen LogP contribution in [-0.2, 0) is 16.7 Å². The second-order valence-electron chi connectivity index (χ2n) is 7.36. The summed E-state index contributed by atoms with van der Waals surface area (Å²) in [6.45, 7) is 2.58. The summed E-state index contributed by atoms with van der Waals surface area (Å²) in [5, 5.41) is 10.5. The molecular formula is C19H20ClN3O2. The molecule has 1 aliphatic carbocycles. The molecule has 0 saturated heterocycles. The number of nitrogens with zero attached hydrogens (tertiary/aromatic N) is 2. The summed E-state index contributed by atoms with van der Waals surface area (Å²) < 4.78 is 5.52. The Balaban J connectivity index is 1.86. The lowest BCUT2D eigenvalue weighted by Crippen LogP contribution is -2.42. The highest BCUT2D eigenvalue weighted by Crippen LogP contribution is 2.49. The van der Waals surface area contributed by atoms with Crippen LogP contribution >= 0.6 is 11.6 Å². The number of fused-ring (bicyclic) bond motifs is 2. The summed E-state index contributed by atoms with van der Waals surface area (Å²) in [4.78, 5) is 8.81. The van der Waals surface area contributed by atoms with Gasteiger partial charge in [-0.25, -0.2) is 4.99 Å². The lowest BCUT2D eigenvalue weighted by atomic mass is 9.65. The van der Waals surface area contributed by atoms with Gasteiger partial charge < -0.3 is 15.6 Å². The summed E-state index contributed by atoms with van der Waals surface area (Å²) in [6, 6.07) is 8.40. The number of ether oxygens (including phenoxy) is 1. The van der Waals surface area contributed by atoms with E-state index in [1.165, 1.54) is 5.56 Å². The van der Waals surface area contributed by atoms with Crippen LogP contribution < -0.4 is 5.73 Å². The van der Waals surface area contributed by atoms with Crippen molar-refractivity contribution in [1.29, 1.82) is 0 Å². The number of aliphatic hydroxyl groups is 1. The highest BCUT2D eigenvalue weighted by Gasteiger charge is 2.48. The van der Waals surface area contributed by atoms with Gasteiger partial charge in [0.1, 0.15) is 12.1 Å². The molecule has 3 N–H and O–H groups in total. The van der Waals surface area contributed by atoms with Gasteiger partial charge in [-0.15, -0.1) is 0 Å². The summed E-state index contributed by atoms with van der Waals surface area (Å²) in [5.74, 6) is 0. The summed E-state index contributed by atoms with van der Waals surface area (Å²) in [7, 11) is 0. The fourth-order valence-electron chi connectivity index (χ4n) is 4.05. The molecule has 0 amide bonds. The van der Waals surface area contributed by atoms with E-state index in [9.17, 15) is 5.11 Å². The van der Waals surface area contributed by atoms with E-state index in [4.69, 9.17) is 22.1 Å². The number of hydrogen-bond acceptors (Lipinski definition) is 5. The standard InChI is InChI=1S/C19H20ClN3O2/c1-18(10-24)6-13-3-2-12(14-4-15(20)8-22-7-14)5-16(13)19(9-18)11-25-17(21)23-19/h2-5,7-8,24H,6,9-11H2,1H3,(H2,21,23)/t18?,19-/m0/s1. The molecule has 6 heteroatoms. The van der Waals surface area contributed by atoms with Crippen LogP contribution in [0.2, 0.25) is 5.02 Å². The van der Waals surface area contributed by atoms with Gasteiger partial charge in [0, 0.05) is 24.6 Å². The molecule has 1 aromatic carbocycles. The Morgan fingerprint density at radius 2 is 2.12 bits per heavy atom. The van der Waals surface area contributed by atoms with Gasteiger partial charge in [-0.1, -0.05) is 30.7 Å². The molecule has 1 aromatic heterocycles. The Kier molecular flexibility index (Phi) is 3.74. The van der Waals surface area contributed by atoms with Crippen molar-refractivity contribution in [3.8, 4) is 11.1 Å². The number of aliphatic hydroxyl groups excluding tert-OH is 1. The molecule has 2 aromatic rings. The van der Waals surface area contributed by atoms with Gasteiger partial charge in [0.05, 0.1) is 5.02 Å². The average molecular weight is 358 g/mol. The highest BCUT2D eigenvalue weighted by molar-refractivity contribution is 6.30. The quantitative estimate of drug-likeness (QED) is 0.866. The number of nitrogens with two attached hydrogens (primary N) is 1. The number of hydrogen-bond donors (Lipinski definition) is 2. The van der Waals surface area contributed by atoms with Crippen molar-refractivity contribution >= 4 is 17.6 Å². The Morgan fingerprint density at radius 1 is 1.28 bits per heavy atom. The molecule has 2 atom stereocenters. The number of rotatable bonds is 2. The van der Waals surface area contributed by atoms with E-state index in [0.29, 0.717) is 18.1 Å². The number of aliphatic imine (C=N–C) groups is 1. The third-order valence-corrected chi connectivity index (χ3v) is 5.36. The fourth-order valence-corrected chi connectivity index (χ4v) is 4.22. The molecule has 2 aliphatic rings. The van der Waals surface area contributed by atoms with E-state index >= 15 is 0 Å². The number of halogens is 1. The van der Waals surface area contributed by atoms with E-state index in [1.54, 1.807) is 12.4 Å². The topological polar surface area (TPSA) is 80.7 Å². The van der Waals surface area contributed by atoms with Crippen molar-refractivity contribution in [2.75, 3.05) is 13.2 Å². The smallest absolute Gasteiger partial charge is 0.283 e. The van der Waals surface area contributed by atoms with Gasteiger partial charge >= 0.3 is 0 Å². The zero-order chi connectivity index (χ0) is 17.7. The van der Waals surface area contributed by atoms with Gasteiger partial charge in [0.25, 0.3) is 6.02 Å². The third kappa shape index (κ3) is 2.77. The first-order chi connectivity index (χ1) is 11.9. The number of pyridine rings is 1. The SMILES string of the molecule is CC1(CO)Cc2ccc(-c3cncc(Cl)c3)cc2[C@@]2(COC(N)=N2)C1. The van der Waals surface area contributed by atoms with Gasteiger partial charge in [0.15, 0.2) is 0 Å². The normalized spacial score (nSPS) is 27.7. The summed E-state index contributed by atoms with van der Waals surface area (Å²) in [6.07, 6.45) is 4.91. The first-order valence-electron chi connectivity index (χ1n) is 8.26. The molecule has 5 nitrogen and oxygen atoms in total. The number of aromatic nitrogens is 1. The largest absolute Gasteiger partial charge is 0.462 e. The maximum Gasteiger partial charge on any atom is 0.283 e. The van der Waals surface area contributed by atoms with Crippen LogP contribution in [0.1, 0.15) is 24.5 Å². The maximum absolute atomic E-state index is 9.91. The minimum absolute atomic E-state index is 0.101. The lowest BCUT2D eigenvalue weighted by Gasteiger charge is -2.42. The molecule has 130 valence electrons. The van der Waals surface area contributed by atoms with Gasteiger partial charge in [-0.3, -0.25) is 4.98 Å². The van der Waals surface area contributed by atoms with Crippen LogP contribution in [0, 0.1) is 5.41 Å². The molecule has 25 heavy (non-hydrogen) atoms. The Bertz CT molecular complexity index is 869. The molecule has 0 fully saturated rings. The van der Waals surface area contributed by atoms with Crippen LogP contribution in [0.25, 0.3) is 11.1 Å². The molecule has 0 saturated carbocycles. The van der Waals surface area contributed by atoms with Crippen LogP contribution in [0.3, 0.4) is 0 Å². The monoisotopic (exact) mass is 357 g/mol. The predicted octanol–water partition coefficient (Wildman–Crippen LogP) is 2.89. The molecule has 2 heterocycles. The van der Waals surface area contributed by atoms with Crippen LogP contribution in [0.4, 0.5) is 0 Å². The Morgan fingerprint density at radius 3 is 2.80 bits per heavy atom. The number of amidine groups is 1. The van der Waals surface area contributed by atoms with Gasteiger partial charge in [0.2, 0.25) is 0 Å². The van der Waals surface area contributed by atoms with Gasteiger partial charge in [-0.2, -0.15) is 0 Å². The van der Waals surface area contributed by atoms with Crippen LogP contribution in [-0.4, -0.2) is 29.3 Å². The Labute approximate surface area is 151 Å². The first kappa shape index (κ1) is 16.4. The third-order valence-electron chi connectivity index (χ3n) is 5.15. The molecule has 0 radical (unpaired) electrons. The lowest BCUT2D eigenvalue weighted by molar-refractivity contribution is 0.0801.